The first-order valence-electron chi connectivity index (χ1n) is 17.0. The van der Waals surface area contributed by atoms with E-state index in [0.29, 0.717) is 12.8 Å². The van der Waals surface area contributed by atoms with Gasteiger partial charge in [-0.3, -0.25) is 0 Å². The van der Waals surface area contributed by atoms with E-state index in [2.05, 4.69) is 28.8 Å². The molecule has 0 aliphatic carbocycles. The summed E-state index contributed by atoms with van der Waals surface area (Å²) in [5, 5.41) is 15.2. The topological polar surface area (TPSA) is 106 Å². The largest absolute Gasteiger partial charge is 0.467 e. The summed E-state index contributed by atoms with van der Waals surface area (Å²) in [6.07, 6.45) is 0.240. The molecule has 5 aromatic rings. The summed E-state index contributed by atoms with van der Waals surface area (Å²) in [5.74, 6) is 0.276. The van der Waals surface area contributed by atoms with E-state index in [0.717, 1.165) is 44.7 Å². The third-order valence-corrected chi connectivity index (χ3v) is 9.88. The van der Waals surface area contributed by atoms with Crippen LogP contribution in [0.2, 0.25) is 0 Å². The Morgan fingerprint density at radius 1 is 0.784 bits per heavy atom. The number of rotatable bonds is 13. The second kappa shape index (κ2) is 17.8. The molecule has 0 radical (unpaired) electrons. The molecular formula is C42H42N2O6S. The van der Waals surface area contributed by atoms with Gasteiger partial charge in [0.25, 0.3) is 0 Å². The van der Waals surface area contributed by atoms with Crippen LogP contribution in [0.4, 0.5) is 4.79 Å². The van der Waals surface area contributed by atoms with Crippen LogP contribution in [0, 0.1) is 0 Å². The lowest BCUT2D eigenvalue weighted by molar-refractivity contribution is -0.245. The van der Waals surface area contributed by atoms with Gasteiger partial charge in [0.1, 0.15) is 6.04 Å². The highest BCUT2D eigenvalue weighted by Gasteiger charge is 2.32. The Labute approximate surface area is 303 Å². The average Bonchev–Trinajstić information content (AvgIpc) is 3.19. The third-order valence-electron chi connectivity index (χ3n) is 8.74. The molecule has 1 heterocycles. The Balaban J connectivity index is 1.14. The molecule has 262 valence electrons. The lowest BCUT2D eigenvalue weighted by Crippen LogP contribution is -2.47. The molecule has 0 aromatic heterocycles. The number of hydrogen-bond donors (Lipinski definition) is 3. The highest BCUT2D eigenvalue weighted by atomic mass is 32.2. The Hall–Kier alpha value is -4.93. The van der Waals surface area contributed by atoms with Gasteiger partial charge in [-0.05, 0) is 57.6 Å². The van der Waals surface area contributed by atoms with Gasteiger partial charge in [0.05, 0.1) is 25.9 Å². The Morgan fingerprint density at radius 3 is 2.20 bits per heavy atom. The number of urea groups is 1. The van der Waals surface area contributed by atoms with Crippen LogP contribution in [0.3, 0.4) is 0 Å². The number of hydrogen-bond acceptors (Lipinski definition) is 7. The van der Waals surface area contributed by atoms with Crippen LogP contribution >= 0.6 is 11.8 Å². The molecule has 1 saturated heterocycles. The van der Waals surface area contributed by atoms with Gasteiger partial charge in [0, 0.05) is 35.6 Å². The van der Waals surface area contributed by atoms with Crippen molar-refractivity contribution >= 4 is 23.8 Å². The normalized spacial score (nSPS) is 17.6. The number of nitrogens with one attached hydrogen (secondary N) is 2. The monoisotopic (exact) mass is 702 g/mol. The summed E-state index contributed by atoms with van der Waals surface area (Å²) in [7, 11) is 1.31. The summed E-state index contributed by atoms with van der Waals surface area (Å²) >= 11 is 1.77. The van der Waals surface area contributed by atoms with Gasteiger partial charge in [0.2, 0.25) is 0 Å². The van der Waals surface area contributed by atoms with Crippen molar-refractivity contribution in [3.63, 3.8) is 0 Å². The van der Waals surface area contributed by atoms with Crippen molar-refractivity contribution in [1.29, 1.82) is 0 Å². The molecule has 1 fully saturated rings. The molecular weight excluding hydrogens is 661 g/mol. The number of aliphatic hydroxyl groups excluding tert-OH is 1. The molecule has 2 amide bonds. The molecule has 5 aromatic carbocycles. The van der Waals surface area contributed by atoms with Crippen molar-refractivity contribution in [2.24, 2.45) is 0 Å². The van der Waals surface area contributed by atoms with E-state index in [1.807, 2.05) is 115 Å². The zero-order valence-electron chi connectivity index (χ0n) is 28.4. The van der Waals surface area contributed by atoms with Crippen LogP contribution in [0.15, 0.2) is 138 Å². The highest BCUT2D eigenvalue weighted by molar-refractivity contribution is 7.99. The van der Waals surface area contributed by atoms with E-state index >= 15 is 0 Å². The van der Waals surface area contributed by atoms with E-state index in [-0.39, 0.29) is 25.4 Å². The fourth-order valence-electron chi connectivity index (χ4n) is 6.03. The van der Waals surface area contributed by atoms with Crippen LogP contribution in [0.5, 0.6) is 0 Å². The number of benzene rings is 5. The number of aliphatic hydroxyl groups is 1. The number of amides is 2. The van der Waals surface area contributed by atoms with Gasteiger partial charge in [-0.1, -0.05) is 109 Å². The van der Waals surface area contributed by atoms with Crippen LogP contribution in [0.25, 0.3) is 11.1 Å². The third kappa shape index (κ3) is 10.1. The van der Waals surface area contributed by atoms with Crippen LogP contribution in [-0.4, -0.2) is 42.1 Å². The molecule has 3 N–H and O–H groups in total. The summed E-state index contributed by atoms with van der Waals surface area (Å²) in [4.78, 5) is 26.4. The molecule has 1 aliphatic rings. The second-order valence-corrected chi connectivity index (χ2v) is 13.5. The smallest absolute Gasteiger partial charge is 0.328 e. The van der Waals surface area contributed by atoms with Crippen molar-refractivity contribution in [1.82, 2.24) is 10.6 Å². The molecule has 0 saturated carbocycles. The lowest BCUT2D eigenvalue weighted by Gasteiger charge is -2.36. The molecule has 4 unspecified atom stereocenters. The summed E-state index contributed by atoms with van der Waals surface area (Å²) < 4.78 is 18.1. The Morgan fingerprint density at radius 2 is 1.47 bits per heavy atom. The minimum absolute atomic E-state index is 0.00422. The van der Waals surface area contributed by atoms with Crippen molar-refractivity contribution < 1.29 is 28.9 Å². The first-order valence-corrected chi connectivity index (χ1v) is 18.0. The van der Waals surface area contributed by atoms with Crippen LogP contribution < -0.4 is 10.6 Å². The van der Waals surface area contributed by atoms with Gasteiger partial charge >= 0.3 is 12.0 Å². The predicted molar refractivity (Wildman–Crippen MR) is 199 cm³/mol. The van der Waals surface area contributed by atoms with E-state index in [9.17, 15) is 14.7 Å². The number of methoxy groups -OCH3 is 1. The van der Waals surface area contributed by atoms with Crippen molar-refractivity contribution in [2.75, 3.05) is 12.9 Å². The maximum atomic E-state index is 12.9. The molecule has 51 heavy (non-hydrogen) atoms. The van der Waals surface area contributed by atoms with Gasteiger partial charge in [-0.2, -0.15) is 0 Å². The SMILES string of the molecule is COC(=O)C(Cc1ccccc1)NC(=O)NCc1cccc(-c2cccc(C3OC(CSc4ccccc4)CC(c4ccc(CO)cc4)O3)c2)c1. The molecule has 1 aliphatic heterocycles. The molecule has 8 nitrogen and oxygen atoms in total. The maximum Gasteiger partial charge on any atom is 0.328 e. The number of esters is 1. The van der Waals surface area contributed by atoms with Gasteiger partial charge in [0.15, 0.2) is 6.29 Å². The molecule has 0 bridgehead atoms. The fraction of sp³-hybridized carbons (Fsp3) is 0.238. The minimum Gasteiger partial charge on any atom is -0.467 e. The van der Waals surface area contributed by atoms with E-state index < -0.39 is 24.3 Å². The fourth-order valence-corrected chi connectivity index (χ4v) is 6.97. The number of carbonyl (C=O) groups is 2. The summed E-state index contributed by atoms with van der Waals surface area (Å²) in [6.45, 7) is 0.265. The molecule has 4 atom stereocenters. The second-order valence-electron chi connectivity index (χ2n) is 12.4. The molecule has 6 rings (SSSR count). The van der Waals surface area contributed by atoms with Crippen molar-refractivity contribution in [2.45, 2.75) is 55.4 Å². The first-order chi connectivity index (χ1) is 25.0. The van der Waals surface area contributed by atoms with Gasteiger partial charge in [-0.25, -0.2) is 9.59 Å². The van der Waals surface area contributed by atoms with Crippen LogP contribution in [0.1, 0.15) is 46.6 Å². The number of thioether (sulfide) groups is 1. The van der Waals surface area contributed by atoms with E-state index in [1.54, 1.807) is 11.8 Å². The van der Waals surface area contributed by atoms with Gasteiger partial charge < -0.3 is 30.0 Å². The number of ether oxygens (including phenoxy) is 3. The quantitative estimate of drug-likeness (QED) is 0.0851. The Kier molecular flexibility index (Phi) is 12.5. The maximum absolute atomic E-state index is 12.9. The summed E-state index contributed by atoms with van der Waals surface area (Å²) in [5.41, 5.74) is 6.61. The standard InChI is InChI=1S/C42H42N2O6S/c1-48-40(46)38(23-29-10-4-2-5-11-29)44-42(47)43-26-31-12-8-13-33(22-31)34-14-9-15-35(24-34)41-49-36(28-51-37-16-6-3-7-17-37)25-39(50-41)32-20-18-30(27-45)19-21-32/h2-22,24,36,38-39,41,45H,23,25-28H2,1H3,(H2,43,44,47). The van der Waals surface area contributed by atoms with E-state index in [1.165, 1.54) is 12.0 Å². The van der Waals surface area contributed by atoms with Gasteiger partial charge in [-0.15, -0.1) is 11.8 Å². The Bertz CT molecular complexity index is 1870. The average molecular weight is 703 g/mol. The summed E-state index contributed by atoms with van der Waals surface area (Å²) in [6, 6.07) is 42.6. The minimum atomic E-state index is -0.813. The lowest BCUT2D eigenvalue weighted by atomic mass is 9.99. The molecule has 0 spiro atoms. The first kappa shape index (κ1) is 35.9. The highest BCUT2D eigenvalue weighted by Crippen LogP contribution is 2.40. The van der Waals surface area contributed by atoms with Crippen molar-refractivity contribution in [3.8, 4) is 11.1 Å². The molecule has 9 heteroatoms. The van der Waals surface area contributed by atoms with Crippen LogP contribution in [-0.2, 0) is 38.6 Å². The zero-order chi connectivity index (χ0) is 35.4. The number of carbonyl (C=O) groups excluding carboxylic acids is 2. The van der Waals surface area contributed by atoms with Crippen molar-refractivity contribution in [3.05, 3.63) is 161 Å². The van der Waals surface area contributed by atoms with E-state index in [4.69, 9.17) is 14.2 Å². The zero-order valence-corrected chi connectivity index (χ0v) is 29.3. The predicted octanol–water partition coefficient (Wildman–Crippen LogP) is 7.77.